The zero-order valence-electron chi connectivity index (χ0n) is 8.35. The highest BCUT2D eigenvalue weighted by Crippen LogP contribution is 2.39. The summed E-state index contributed by atoms with van der Waals surface area (Å²) in [5.41, 5.74) is 7.06. The first-order chi connectivity index (χ1) is 6.81. The van der Waals surface area contributed by atoms with Crippen LogP contribution in [0.3, 0.4) is 0 Å². The van der Waals surface area contributed by atoms with Crippen molar-refractivity contribution in [1.82, 2.24) is 0 Å². The van der Waals surface area contributed by atoms with Crippen molar-refractivity contribution in [2.24, 2.45) is 5.73 Å². The van der Waals surface area contributed by atoms with Crippen molar-refractivity contribution in [2.75, 3.05) is 6.61 Å². The molecule has 2 rings (SSSR count). The molecule has 0 spiro atoms. The van der Waals surface area contributed by atoms with E-state index in [9.17, 15) is 0 Å². The molecule has 2 nitrogen and oxygen atoms in total. The van der Waals surface area contributed by atoms with Crippen LogP contribution in [0.2, 0.25) is 0 Å². The molecule has 2 N–H and O–H groups in total. The van der Waals surface area contributed by atoms with Crippen molar-refractivity contribution in [3.05, 3.63) is 29.8 Å². The number of benzene rings is 1. The minimum Gasteiger partial charge on any atom is -0.481 e. The number of halogens is 1. The summed E-state index contributed by atoms with van der Waals surface area (Å²) < 4.78 is 5.27. The minimum atomic E-state index is 0. The van der Waals surface area contributed by atoms with E-state index in [-0.39, 0.29) is 12.4 Å². The molecule has 0 amide bonds. The molecule has 2 unspecified atom stereocenters. The van der Waals surface area contributed by atoms with Gasteiger partial charge in [0.05, 0.1) is 0 Å². The highest BCUT2D eigenvalue weighted by Gasteiger charge is 2.34. The summed E-state index contributed by atoms with van der Waals surface area (Å²) in [6, 6.07) is 8.36. The van der Waals surface area contributed by atoms with Crippen LogP contribution < -0.4 is 10.5 Å². The van der Waals surface area contributed by atoms with E-state index in [0.717, 1.165) is 12.2 Å². The average molecular weight is 224 g/mol. The fourth-order valence-corrected chi connectivity index (χ4v) is 1.53. The summed E-state index contributed by atoms with van der Waals surface area (Å²) in [4.78, 5) is 0. The Morgan fingerprint density at radius 2 is 2.00 bits per heavy atom. The molecule has 0 radical (unpaired) electrons. The molecule has 0 aromatic heterocycles. The molecule has 2 atom stereocenters. The molecule has 1 aromatic carbocycles. The molecule has 0 heterocycles. The van der Waals surface area contributed by atoms with Crippen molar-refractivity contribution in [3.63, 3.8) is 0 Å². The zero-order valence-corrected chi connectivity index (χ0v) is 9.17. The van der Waals surface area contributed by atoms with Gasteiger partial charge in [0.2, 0.25) is 0 Å². The van der Waals surface area contributed by atoms with Gasteiger partial charge >= 0.3 is 0 Å². The Bertz CT molecular complexity index is 355. The maximum atomic E-state index is 5.76. The number of hydrogen-bond acceptors (Lipinski definition) is 2. The summed E-state index contributed by atoms with van der Waals surface area (Å²) in [7, 11) is 0. The van der Waals surface area contributed by atoms with Crippen LogP contribution in [0, 0.1) is 12.3 Å². The minimum absolute atomic E-state index is 0. The highest BCUT2D eigenvalue weighted by atomic mass is 35.5. The lowest BCUT2D eigenvalue weighted by Crippen LogP contribution is -2.01. The maximum Gasteiger partial charge on any atom is 0.148 e. The maximum absolute atomic E-state index is 5.76. The van der Waals surface area contributed by atoms with E-state index >= 15 is 0 Å². The van der Waals surface area contributed by atoms with Crippen LogP contribution in [0.25, 0.3) is 0 Å². The van der Waals surface area contributed by atoms with Gasteiger partial charge in [0.1, 0.15) is 12.4 Å². The lowest BCUT2D eigenvalue weighted by molar-refractivity contribution is 0.370. The van der Waals surface area contributed by atoms with Gasteiger partial charge in [-0.3, -0.25) is 0 Å². The molecule has 15 heavy (non-hydrogen) atoms. The van der Waals surface area contributed by atoms with Crippen LogP contribution in [-0.2, 0) is 0 Å². The largest absolute Gasteiger partial charge is 0.481 e. The summed E-state index contributed by atoms with van der Waals surface area (Å²) in [5.74, 6) is 3.80. The lowest BCUT2D eigenvalue weighted by Gasteiger charge is -2.03. The van der Waals surface area contributed by atoms with E-state index in [1.165, 1.54) is 5.56 Å². The molecule has 0 bridgehead atoms. The molecule has 3 heteroatoms. The van der Waals surface area contributed by atoms with Crippen molar-refractivity contribution in [1.29, 1.82) is 0 Å². The van der Waals surface area contributed by atoms with Gasteiger partial charge in [-0.15, -0.1) is 18.8 Å². The van der Waals surface area contributed by atoms with E-state index < -0.39 is 0 Å². The van der Waals surface area contributed by atoms with Gasteiger partial charge in [0.15, 0.2) is 0 Å². The van der Waals surface area contributed by atoms with E-state index in [1.54, 1.807) is 0 Å². The quantitative estimate of drug-likeness (QED) is 0.795. The van der Waals surface area contributed by atoms with Crippen molar-refractivity contribution in [2.45, 2.75) is 18.4 Å². The van der Waals surface area contributed by atoms with Crippen LogP contribution in [0.4, 0.5) is 0 Å². The molecule has 0 aliphatic heterocycles. The average Bonchev–Trinajstić information content (AvgIpc) is 2.93. The Morgan fingerprint density at radius 1 is 1.40 bits per heavy atom. The van der Waals surface area contributed by atoms with Crippen LogP contribution in [0.15, 0.2) is 24.3 Å². The summed E-state index contributed by atoms with van der Waals surface area (Å²) in [5, 5.41) is 0. The van der Waals surface area contributed by atoms with Crippen LogP contribution in [-0.4, -0.2) is 12.6 Å². The summed E-state index contributed by atoms with van der Waals surface area (Å²) >= 11 is 0. The number of hydrogen-bond donors (Lipinski definition) is 1. The molecule has 1 aliphatic rings. The molecule has 0 saturated heterocycles. The zero-order chi connectivity index (χ0) is 9.97. The van der Waals surface area contributed by atoms with E-state index in [2.05, 4.69) is 18.1 Å². The first-order valence-corrected chi connectivity index (χ1v) is 4.73. The van der Waals surface area contributed by atoms with Crippen molar-refractivity contribution < 1.29 is 4.74 Å². The van der Waals surface area contributed by atoms with Crippen LogP contribution >= 0.6 is 12.4 Å². The predicted octanol–water partition coefficient (Wildman–Crippen LogP) is 1.94. The Labute approximate surface area is 96.2 Å². The standard InChI is InChI=1S/C12H13NO.ClH/c1-2-7-14-10-5-3-9(4-6-10)11-8-12(11)13;/h1,3-6,11-12H,7-8,13H2;1H. The number of rotatable bonds is 3. The lowest BCUT2D eigenvalue weighted by atomic mass is 10.1. The first kappa shape index (κ1) is 11.9. The van der Waals surface area contributed by atoms with Gasteiger partial charge in [-0.2, -0.15) is 0 Å². The van der Waals surface area contributed by atoms with E-state index in [0.29, 0.717) is 18.6 Å². The molecule has 1 aromatic rings. The van der Waals surface area contributed by atoms with Crippen LogP contribution in [0.1, 0.15) is 17.9 Å². The molecule has 1 saturated carbocycles. The Kier molecular flexibility index (Phi) is 4.02. The van der Waals surface area contributed by atoms with Gasteiger partial charge in [-0.25, -0.2) is 0 Å². The Hall–Kier alpha value is -1.17. The Morgan fingerprint density at radius 3 is 2.47 bits per heavy atom. The molecule has 80 valence electrons. The second kappa shape index (κ2) is 5.06. The highest BCUT2D eigenvalue weighted by molar-refractivity contribution is 5.85. The smallest absolute Gasteiger partial charge is 0.148 e. The normalized spacial score (nSPS) is 22.4. The van der Waals surface area contributed by atoms with Gasteiger partial charge in [-0.1, -0.05) is 18.1 Å². The van der Waals surface area contributed by atoms with Gasteiger partial charge in [-0.05, 0) is 24.1 Å². The Balaban J connectivity index is 0.00000112. The van der Waals surface area contributed by atoms with Gasteiger partial charge < -0.3 is 10.5 Å². The molecule has 1 aliphatic carbocycles. The van der Waals surface area contributed by atoms with E-state index in [1.807, 2.05) is 12.1 Å². The van der Waals surface area contributed by atoms with Gasteiger partial charge in [0.25, 0.3) is 0 Å². The third-order valence-corrected chi connectivity index (χ3v) is 2.47. The topological polar surface area (TPSA) is 35.2 Å². The number of terminal acetylenes is 1. The second-order valence-electron chi connectivity index (χ2n) is 3.57. The van der Waals surface area contributed by atoms with Crippen molar-refractivity contribution >= 4 is 12.4 Å². The summed E-state index contributed by atoms with van der Waals surface area (Å²) in [6.45, 7) is 0.322. The SMILES string of the molecule is C#CCOc1ccc(C2CC2N)cc1.Cl. The number of nitrogens with two attached hydrogens (primary N) is 1. The molecular formula is C12H14ClNO. The van der Waals surface area contributed by atoms with Gasteiger partial charge in [0, 0.05) is 12.0 Å². The summed E-state index contributed by atoms with van der Waals surface area (Å²) in [6.07, 6.45) is 6.19. The fourth-order valence-electron chi connectivity index (χ4n) is 1.53. The first-order valence-electron chi connectivity index (χ1n) is 4.73. The van der Waals surface area contributed by atoms with E-state index in [4.69, 9.17) is 16.9 Å². The third-order valence-electron chi connectivity index (χ3n) is 2.47. The third kappa shape index (κ3) is 2.89. The molecule has 1 fully saturated rings. The molecular weight excluding hydrogens is 210 g/mol. The predicted molar refractivity (Wildman–Crippen MR) is 63.4 cm³/mol. The number of ether oxygens (including phenoxy) is 1. The second-order valence-corrected chi connectivity index (χ2v) is 3.57. The fraction of sp³-hybridized carbons (Fsp3) is 0.333. The van der Waals surface area contributed by atoms with Crippen LogP contribution in [0.5, 0.6) is 5.75 Å². The van der Waals surface area contributed by atoms with Crippen molar-refractivity contribution in [3.8, 4) is 18.1 Å². The monoisotopic (exact) mass is 223 g/mol.